The molecule has 2 rings (SSSR count). The Morgan fingerprint density at radius 1 is 1.27 bits per heavy atom. The van der Waals surface area contributed by atoms with Crippen LogP contribution in [0, 0.1) is 0 Å². The summed E-state index contributed by atoms with van der Waals surface area (Å²) in [7, 11) is 0. The lowest BCUT2D eigenvalue weighted by Crippen LogP contribution is -2.42. The van der Waals surface area contributed by atoms with Crippen molar-refractivity contribution in [1.82, 2.24) is 15.2 Å². The number of hydrogen-bond acceptors (Lipinski definition) is 4. The van der Waals surface area contributed by atoms with E-state index in [4.69, 9.17) is 0 Å². The zero-order valence-electron chi connectivity index (χ0n) is 15.4. The average molecular weight is 372 g/mol. The minimum Gasteiger partial charge on any atom is -0.355 e. The van der Waals surface area contributed by atoms with Gasteiger partial charge in [0.2, 0.25) is 5.91 Å². The molecule has 0 spiro atoms. The van der Waals surface area contributed by atoms with Gasteiger partial charge < -0.3 is 10.2 Å². The zero-order valence-corrected chi connectivity index (χ0v) is 15.4. The maximum Gasteiger partial charge on any atom is 0.417 e. The van der Waals surface area contributed by atoms with Gasteiger partial charge >= 0.3 is 6.18 Å². The molecule has 8 heteroatoms. The number of nitrogens with zero attached hydrogens (tertiary/aromatic N) is 3. The third-order valence-electron chi connectivity index (χ3n) is 4.48. The fourth-order valence-electron chi connectivity index (χ4n) is 3.13. The van der Waals surface area contributed by atoms with Crippen LogP contribution in [0.3, 0.4) is 0 Å². The molecule has 1 aliphatic heterocycles. The third-order valence-corrected chi connectivity index (χ3v) is 4.48. The van der Waals surface area contributed by atoms with Crippen molar-refractivity contribution < 1.29 is 18.0 Å². The van der Waals surface area contributed by atoms with Gasteiger partial charge in [-0.05, 0) is 31.9 Å². The molecule has 1 saturated heterocycles. The van der Waals surface area contributed by atoms with Crippen molar-refractivity contribution in [2.75, 3.05) is 37.6 Å². The predicted molar refractivity (Wildman–Crippen MR) is 95.0 cm³/mol. The van der Waals surface area contributed by atoms with Crippen LogP contribution in [0.15, 0.2) is 18.3 Å². The van der Waals surface area contributed by atoms with E-state index in [1.54, 1.807) is 0 Å². The average Bonchev–Trinajstić information content (AvgIpc) is 2.80. The Hall–Kier alpha value is -1.83. The second-order valence-electron chi connectivity index (χ2n) is 6.78. The van der Waals surface area contributed by atoms with Gasteiger partial charge in [-0.1, -0.05) is 13.3 Å². The van der Waals surface area contributed by atoms with Gasteiger partial charge in [0.15, 0.2) is 0 Å². The number of pyridine rings is 1. The molecule has 26 heavy (non-hydrogen) atoms. The number of alkyl halides is 3. The van der Waals surface area contributed by atoms with Crippen LogP contribution in [0.1, 0.15) is 38.7 Å². The molecule has 5 nitrogen and oxygen atoms in total. The van der Waals surface area contributed by atoms with Gasteiger partial charge in [0.05, 0.1) is 12.1 Å². The number of hydrogen-bond donors (Lipinski definition) is 1. The van der Waals surface area contributed by atoms with Crippen LogP contribution in [0.5, 0.6) is 0 Å². The van der Waals surface area contributed by atoms with E-state index in [0.717, 1.165) is 38.1 Å². The first-order chi connectivity index (χ1) is 12.3. The van der Waals surface area contributed by atoms with Crippen molar-refractivity contribution in [3.8, 4) is 0 Å². The molecule has 1 fully saturated rings. The van der Waals surface area contributed by atoms with Crippen molar-refractivity contribution in [1.29, 1.82) is 0 Å². The number of aromatic nitrogens is 1. The van der Waals surface area contributed by atoms with Crippen LogP contribution < -0.4 is 10.2 Å². The van der Waals surface area contributed by atoms with Crippen molar-refractivity contribution in [2.45, 2.75) is 45.3 Å². The lowest BCUT2D eigenvalue weighted by Gasteiger charge is -2.23. The normalized spacial score (nSPS) is 17.7. The first-order valence-electron chi connectivity index (χ1n) is 9.09. The minimum absolute atomic E-state index is 0.0204. The van der Waals surface area contributed by atoms with Crippen molar-refractivity contribution in [2.24, 2.45) is 0 Å². The maximum absolute atomic E-state index is 12.6. The first-order valence-corrected chi connectivity index (χ1v) is 9.09. The van der Waals surface area contributed by atoms with Gasteiger partial charge in [0.25, 0.3) is 0 Å². The molecule has 1 amide bonds. The fourth-order valence-corrected chi connectivity index (χ4v) is 3.13. The largest absolute Gasteiger partial charge is 0.417 e. The molecule has 0 aromatic carbocycles. The van der Waals surface area contributed by atoms with Gasteiger partial charge in [0, 0.05) is 38.4 Å². The van der Waals surface area contributed by atoms with Crippen LogP contribution in [0.25, 0.3) is 0 Å². The summed E-state index contributed by atoms with van der Waals surface area (Å²) < 4.78 is 37.9. The van der Waals surface area contributed by atoms with E-state index < -0.39 is 11.7 Å². The quantitative estimate of drug-likeness (QED) is 0.834. The van der Waals surface area contributed by atoms with Crippen LogP contribution in [-0.2, 0) is 11.0 Å². The van der Waals surface area contributed by atoms with Crippen LogP contribution in [0.4, 0.5) is 19.0 Å². The Morgan fingerprint density at radius 3 is 2.65 bits per heavy atom. The Balaban J connectivity index is 1.86. The van der Waals surface area contributed by atoms with E-state index >= 15 is 0 Å². The number of carbonyl (C=O) groups excluding carboxylic acids is 1. The molecule has 0 bridgehead atoms. The smallest absolute Gasteiger partial charge is 0.355 e. The predicted octanol–water partition coefficient (Wildman–Crippen LogP) is 2.92. The molecule has 1 unspecified atom stereocenters. The van der Waals surface area contributed by atoms with Crippen LogP contribution >= 0.6 is 0 Å². The molecule has 1 aromatic heterocycles. The molecular formula is C18H27F3N4O. The van der Waals surface area contributed by atoms with Gasteiger partial charge in [-0.2, -0.15) is 13.2 Å². The highest BCUT2D eigenvalue weighted by molar-refractivity contribution is 5.78. The second kappa shape index (κ2) is 9.21. The summed E-state index contributed by atoms with van der Waals surface area (Å²) in [5, 5.41) is 3.00. The number of nitrogens with one attached hydrogen (secondary N) is 1. The van der Waals surface area contributed by atoms with Crippen molar-refractivity contribution in [3.05, 3.63) is 23.9 Å². The van der Waals surface area contributed by atoms with Gasteiger partial charge in [-0.3, -0.25) is 9.69 Å². The molecule has 0 aliphatic carbocycles. The summed E-state index contributed by atoms with van der Waals surface area (Å²) >= 11 is 0. The lowest BCUT2D eigenvalue weighted by atomic mass is 10.2. The molecule has 1 aromatic rings. The Morgan fingerprint density at radius 2 is 2.04 bits per heavy atom. The topological polar surface area (TPSA) is 48.5 Å². The van der Waals surface area contributed by atoms with E-state index in [1.165, 1.54) is 6.07 Å². The number of amides is 1. The fraction of sp³-hybridized carbons (Fsp3) is 0.667. The summed E-state index contributed by atoms with van der Waals surface area (Å²) in [6, 6.07) is 2.65. The van der Waals surface area contributed by atoms with Crippen LogP contribution in [-0.4, -0.2) is 54.6 Å². The van der Waals surface area contributed by atoms with Crippen molar-refractivity contribution in [3.63, 3.8) is 0 Å². The highest BCUT2D eigenvalue weighted by atomic mass is 19.4. The SMILES string of the molecule is CCCC(C)NC(=O)CN1CCCN(c2ccc(C(F)(F)F)cn2)CC1. The van der Waals surface area contributed by atoms with E-state index in [9.17, 15) is 18.0 Å². The first kappa shape index (κ1) is 20.5. The molecular weight excluding hydrogens is 345 g/mol. The minimum atomic E-state index is -4.37. The lowest BCUT2D eigenvalue weighted by molar-refractivity contribution is -0.137. The third kappa shape index (κ3) is 6.16. The molecule has 1 aliphatic rings. The van der Waals surface area contributed by atoms with Crippen LogP contribution in [0.2, 0.25) is 0 Å². The summed E-state index contributed by atoms with van der Waals surface area (Å²) in [4.78, 5) is 20.1. The van der Waals surface area contributed by atoms with Gasteiger partial charge in [-0.25, -0.2) is 4.98 Å². The summed E-state index contributed by atoms with van der Waals surface area (Å²) in [5.41, 5.74) is -0.740. The highest BCUT2D eigenvalue weighted by Gasteiger charge is 2.31. The van der Waals surface area contributed by atoms with E-state index in [2.05, 4.69) is 22.1 Å². The highest BCUT2D eigenvalue weighted by Crippen LogP contribution is 2.29. The van der Waals surface area contributed by atoms with Gasteiger partial charge in [-0.15, -0.1) is 0 Å². The van der Waals surface area contributed by atoms with E-state index in [0.29, 0.717) is 32.0 Å². The van der Waals surface area contributed by atoms with Crippen molar-refractivity contribution >= 4 is 11.7 Å². The maximum atomic E-state index is 12.6. The Kier molecular flexibility index (Phi) is 7.25. The summed E-state index contributed by atoms with van der Waals surface area (Å²) in [5.74, 6) is 0.563. The summed E-state index contributed by atoms with van der Waals surface area (Å²) in [6.45, 7) is 7.25. The Labute approximate surface area is 152 Å². The Bertz CT molecular complexity index is 577. The molecule has 1 atom stereocenters. The zero-order chi connectivity index (χ0) is 19.2. The number of anilines is 1. The van der Waals surface area contributed by atoms with Gasteiger partial charge in [0.1, 0.15) is 5.82 Å². The molecule has 0 saturated carbocycles. The molecule has 1 N–H and O–H groups in total. The second-order valence-corrected chi connectivity index (χ2v) is 6.78. The number of carbonyl (C=O) groups is 1. The standard InChI is InChI=1S/C18H27F3N4O/c1-3-5-14(2)23-17(26)13-24-8-4-9-25(11-10-24)16-7-6-15(12-22-16)18(19,20)21/h6-7,12,14H,3-5,8-11,13H2,1-2H3,(H,23,26). The molecule has 146 valence electrons. The monoisotopic (exact) mass is 372 g/mol. The molecule has 0 radical (unpaired) electrons. The number of rotatable bonds is 6. The number of halogens is 3. The van der Waals surface area contributed by atoms with E-state index in [-0.39, 0.29) is 11.9 Å². The summed E-state index contributed by atoms with van der Waals surface area (Å²) in [6.07, 6.45) is -0.677. The van der Waals surface area contributed by atoms with E-state index in [1.807, 2.05) is 11.8 Å². The molecule has 2 heterocycles.